The molecule has 1 aromatic carbocycles. The summed E-state index contributed by atoms with van der Waals surface area (Å²) in [6.45, 7) is 9.38. The van der Waals surface area contributed by atoms with Crippen molar-refractivity contribution in [3.63, 3.8) is 0 Å². The Labute approximate surface area is 193 Å². The number of hydrogen-bond acceptors (Lipinski definition) is 9. The van der Waals surface area contributed by atoms with E-state index in [0.29, 0.717) is 43.6 Å². The molecule has 2 aromatic rings. The predicted molar refractivity (Wildman–Crippen MR) is 119 cm³/mol. The highest BCUT2D eigenvalue weighted by Crippen LogP contribution is 2.32. The summed E-state index contributed by atoms with van der Waals surface area (Å²) in [5.74, 6) is 1.62. The lowest BCUT2D eigenvalue weighted by Crippen LogP contribution is -2.48. The lowest BCUT2D eigenvalue weighted by molar-refractivity contribution is -0.0151. The Morgan fingerprint density at radius 2 is 1.94 bits per heavy atom. The molecule has 4 rings (SSSR count). The third-order valence-electron chi connectivity index (χ3n) is 5.59. The van der Waals surface area contributed by atoms with Crippen molar-refractivity contribution in [2.75, 3.05) is 46.1 Å². The minimum absolute atomic E-state index is 0.118. The fourth-order valence-corrected chi connectivity index (χ4v) is 3.79. The number of aliphatic hydroxyl groups is 1. The molecule has 2 N–H and O–H groups in total. The summed E-state index contributed by atoms with van der Waals surface area (Å²) in [5, 5.41) is 13.0. The topological polar surface area (TPSA) is 110 Å². The van der Waals surface area contributed by atoms with Crippen LogP contribution in [0, 0.1) is 0 Å². The van der Waals surface area contributed by atoms with Crippen LogP contribution in [0.1, 0.15) is 35.8 Å². The van der Waals surface area contributed by atoms with Crippen LogP contribution in [0.25, 0.3) is 0 Å². The number of benzene rings is 1. The number of aliphatic hydroxyl groups excluding tert-OH is 1. The predicted octanol–water partition coefficient (Wildman–Crippen LogP) is 1.24. The molecule has 2 aliphatic heterocycles. The Kier molecular flexibility index (Phi) is 7.81. The first kappa shape index (κ1) is 23.5. The van der Waals surface area contributed by atoms with Crippen molar-refractivity contribution < 1.29 is 28.5 Å². The number of amides is 1. The highest BCUT2D eigenvalue weighted by atomic mass is 16.7. The van der Waals surface area contributed by atoms with Gasteiger partial charge in [-0.3, -0.25) is 14.6 Å². The van der Waals surface area contributed by atoms with Crippen LogP contribution in [0.5, 0.6) is 11.5 Å². The zero-order valence-corrected chi connectivity index (χ0v) is 19.2. The van der Waals surface area contributed by atoms with Crippen LogP contribution in [-0.2, 0) is 17.8 Å². The van der Waals surface area contributed by atoms with Gasteiger partial charge in [-0.1, -0.05) is 6.07 Å². The highest BCUT2D eigenvalue weighted by molar-refractivity contribution is 5.91. The van der Waals surface area contributed by atoms with Crippen LogP contribution >= 0.6 is 0 Å². The first-order valence-corrected chi connectivity index (χ1v) is 11.3. The third-order valence-corrected chi connectivity index (χ3v) is 5.59. The second-order valence-corrected chi connectivity index (χ2v) is 8.61. The molecule has 0 spiro atoms. The number of carbonyl (C=O) groups is 1. The quantitative estimate of drug-likeness (QED) is 0.541. The number of β-amino-alcohol motifs (C(OH)–C–C–N with tert-alkyl or cyclic N) is 1. The van der Waals surface area contributed by atoms with Crippen molar-refractivity contribution >= 4 is 5.91 Å². The van der Waals surface area contributed by atoms with Crippen molar-refractivity contribution in [2.45, 2.75) is 39.1 Å². The van der Waals surface area contributed by atoms with Crippen molar-refractivity contribution in [1.82, 2.24) is 20.1 Å². The van der Waals surface area contributed by atoms with Gasteiger partial charge in [-0.15, -0.1) is 0 Å². The number of hydrogen-bond donors (Lipinski definition) is 2. The van der Waals surface area contributed by atoms with Crippen molar-refractivity contribution in [3.8, 4) is 11.5 Å². The number of fused-ring (bicyclic) bond motifs is 1. The molecular formula is C23H32N4O6. The molecule has 33 heavy (non-hydrogen) atoms. The van der Waals surface area contributed by atoms with Gasteiger partial charge in [0.2, 0.25) is 12.7 Å². The van der Waals surface area contributed by atoms with Gasteiger partial charge in [0.15, 0.2) is 17.2 Å². The molecule has 3 heterocycles. The SMILES string of the molecule is CC(C)OCC(O)CN1CCN(Cc2nc(C(=O)NCc3ccc4c(c3)OCO4)co2)CC1. The summed E-state index contributed by atoms with van der Waals surface area (Å²) in [7, 11) is 0. The van der Waals surface area contributed by atoms with Crippen molar-refractivity contribution in [3.05, 3.63) is 41.6 Å². The molecule has 1 unspecified atom stereocenters. The standard InChI is InChI=1S/C23H32N4O6/c1-16(2)30-13-18(28)11-26-5-7-27(8-6-26)12-22-25-19(14-31-22)23(29)24-10-17-3-4-20-21(9-17)33-15-32-20/h3-4,9,14,16,18,28H,5-8,10-13,15H2,1-2H3,(H,24,29). The van der Waals surface area contributed by atoms with Crippen LogP contribution in [0.3, 0.4) is 0 Å². The van der Waals surface area contributed by atoms with Crippen molar-refractivity contribution in [2.24, 2.45) is 0 Å². The van der Waals surface area contributed by atoms with Gasteiger partial charge >= 0.3 is 0 Å². The number of piperazine rings is 1. The molecule has 1 fully saturated rings. The molecule has 10 heteroatoms. The van der Waals surface area contributed by atoms with Crippen LogP contribution in [0.4, 0.5) is 0 Å². The van der Waals surface area contributed by atoms with Gasteiger partial charge in [0.05, 0.1) is 25.4 Å². The minimum atomic E-state index is -0.482. The average Bonchev–Trinajstić information content (AvgIpc) is 3.46. The van der Waals surface area contributed by atoms with Gasteiger partial charge in [-0.2, -0.15) is 0 Å². The van der Waals surface area contributed by atoms with Gasteiger partial charge in [0.1, 0.15) is 6.26 Å². The number of aromatic nitrogens is 1. The second kappa shape index (κ2) is 11.0. The lowest BCUT2D eigenvalue weighted by atomic mass is 10.2. The van der Waals surface area contributed by atoms with Gasteiger partial charge < -0.3 is 29.1 Å². The molecule has 10 nitrogen and oxygen atoms in total. The molecule has 2 aliphatic rings. The molecule has 1 amide bonds. The fourth-order valence-electron chi connectivity index (χ4n) is 3.79. The summed E-state index contributed by atoms with van der Waals surface area (Å²) >= 11 is 0. The van der Waals surface area contributed by atoms with Crippen LogP contribution in [-0.4, -0.2) is 84.1 Å². The van der Waals surface area contributed by atoms with E-state index in [1.807, 2.05) is 32.0 Å². The monoisotopic (exact) mass is 460 g/mol. The number of oxazole rings is 1. The maximum absolute atomic E-state index is 12.5. The Bertz CT molecular complexity index is 925. The minimum Gasteiger partial charge on any atom is -0.454 e. The zero-order valence-electron chi connectivity index (χ0n) is 19.2. The first-order valence-electron chi connectivity index (χ1n) is 11.3. The molecular weight excluding hydrogens is 428 g/mol. The van der Waals surface area contributed by atoms with E-state index in [1.54, 1.807) is 0 Å². The van der Waals surface area contributed by atoms with Gasteiger partial charge in [0.25, 0.3) is 5.91 Å². The zero-order chi connectivity index (χ0) is 23.2. The Hall–Kier alpha value is -2.66. The van der Waals surface area contributed by atoms with E-state index in [2.05, 4.69) is 20.1 Å². The van der Waals surface area contributed by atoms with Crippen LogP contribution < -0.4 is 14.8 Å². The van der Waals surface area contributed by atoms with E-state index < -0.39 is 6.10 Å². The van der Waals surface area contributed by atoms with Crippen LogP contribution in [0.15, 0.2) is 28.9 Å². The Balaban J connectivity index is 1.18. The largest absolute Gasteiger partial charge is 0.454 e. The summed E-state index contributed by atoms with van der Waals surface area (Å²) in [6.07, 6.45) is 1.03. The second-order valence-electron chi connectivity index (χ2n) is 8.61. The number of nitrogens with one attached hydrogen (secondary N) is 1. The molecule has 1 atom stereocenters. The molecule has 180 valence electrons. The first-order chi connectivity index (χ1) is 16.0. The Morgan fingerprint density at radius 3 is 2.73 bits per heavy atom. The maximum Gasteiger partial charge on any atom is 0.273 e. The number of carbonyl (C=O) groups excluding carboxylic acids is 1. The fraction of sp³-hybridized carbons (Fsp3) is 0.565. The summed E-state index contributed by atoms with van der Waals surface area (Å²) in [6, 6.07) is 5.57. The van der Waals surface area contributed by atoms with Crippen LogP contribution in [0.2, 0.25) is 0 Å². The highest BCUT2D eigenvalue weighted by Gasteiger charge is 2.22. The molecule has 1 aromatic heterocycles. The summed E-state index contributed by atoms with van der Waals surface area (Å²) < 4.78 is 21.7. The molecule has 0 radical (unpaired) electrons. The van der Waals surface area contributed by atoms with Gasteiger partial charge in [-0.05, 0) is 31.5 Å². The lowest BCUT2D eigenvalue weighted by Gasteiger charge is -2.35. The average molecular weight is 461 g/mol. The van der Waals surface area contributed by atoms with E-state index in [4.69, 9.17) is 18.6 Å². The number of rotatable bonds is 10. The van der Waals surface area contributed by atoms with Gasteiger partial charge in [-0.25, -0.2) is 4.98 Å². The normalized spacial score (nSPS) is 17.5. The smallest absolute Gasteiger partial charge is 0.273 e. The third kappa shape index (κ3) is 6.67. The number of ether oxygens (including phenoxy) is 3. The molecule has 0 saturated carbocycles. The van der Waals surface area contributed by atoms with E-state index in [1.165, 1.54) is 6.26 Å². The number of nitrogens with zero attached hydrogens (tertiary/aromatic N) is 3. The van der Waals surface area contributed by atoms with E-state index in [9.17, 15) is 9.90 Å². The van der Waals surface area contributed by atoms with E-state index >= 15 is 0 Å². The maximum atomic E-state index is 12.5. The summed E-state index contributed by atoms with van der Waals surface area (Å²) in [4.78, 5) is 21.3. The molecule has 0 aliphatic carbocycles. The summed E-state index contributed by atoms with van der Waals surface area (Å²) in [5.41, 5.74) is 1.17. The Morgan fingerprint density at radius 1 is 1.18 bits per heavy atom. The van der Waals surface area contributed by atoms with Gasteiger partial charge in [0, 0.05) is 39.3 Å². The van der Waals surface area contributed by atoms with Crippen molar-refractivity contribution in [1.29, 1.82) is 0 Å². The molecule has 1 saturated heterocycles. The van der Waals surface area contributed by atoms with E-state index in [-0.39, 0.29) is 24.5 Å². The molecule has 0 bridgehead atoms. The van der Waals surface area contributed by atoms with E-state index in [0.717, 1.165) is 31.7 Å².